The van der Waals surface area contributed by atoms with E-state index in [1.807, 2.05) is 4.68 Å². The molecular weight excluding hydrogens is 238 g/mol. The number of rotatable bonds is 6. The number of aromatic nitrogens is 4. The van der Waals surface area contributed by atoms with E-state index in [0.717, 1.165) is 18.9 Å². The summed E-state index contributed by atoms with van der Waals surface area (Å²) in [5, 5.41) is 7.72. The van der Waals surface area contributed by atoms with E-state index in [0.29, 0.717) is 12.1 Å². The van der Waals surface area contributed by atoms with Crippen molar-refractivity contribution in [3.63, 3.8) is 0 Å². The third-order valence-corrected chi connectivity index (χ3v) is 3.06. The van der Waals surface area contributed by atoms with Crippen LogP contribution in [0, 0.1) is 0 Å². The Labute approximate surface area is 114 Å². The van der Waals surface area contributed by atoms with Crippen LogP contribution in [0.3, 0.4) is 0 Å². The fourth-order valence-electron chi connectivity index (χ4n) is 2.04. The molecule has 0 bridgehead atoms. The minimum Gasteiger partial charge on any atom is -0.343 e. The van der Waals surface area contributed by atoms with Crippen molar-refractivity contribution in [2.75, 3.05) is 0 Å². The number of nitrogens with zero attached hydrogens (tertiary/aromatic N) is 4. The van der Waals surface area contributed by atoms with E-state index in [-0.39, 0.29) is 0 Å². The van der Waals surface area contributed by atoms with Crippen molar-refractivity contribution in [1.29, 1.82) is 0 Å². The lowest BCUT2D eigenvalue weighted by Crippen LogP contribution is -2.24. The van der Waals surface area contributed by atoms with Crippen LogP contribution in [0.15, 0.2) is 24.7 Å². The first-order valence-electron chi connectivity index (χ1n) is 6.83. The van der Waals surface area contributed by atoms with Crippen LogP contribution in [0.5, 0.6) is 0 Å². The van der Waals surface area contributed by atoms with Crippen LogP contribution in [-0.2, 0) is 13.1 Å². The first-order valence-corrected chi connectivity index (χ1v) is 6.83. The normalized spacial score (nSPS) is 11.7. The van der Waals surface area contributed by atoms with E-state index in [9.17, 15) is 0 Å². The van der Waals surface area contributed by atoms with E-state index >= 15 is 0 Å². The fraction of sp³-hybridized carbons (Fsp3) is 0.571. The van der Waals surface area contributed by atoms with E-state index in [1.165, 1.54) is 5.69 Å². The predicted molar refractivity (Wildman–Crippen MR) is 75.9 cm³/mol. The maximum Gasteiger partial charge on any atom is 0.147 e. The molecule has 0 saturated heterocycles. The van der Waals surface area contributed by atoms with Crippen molar-refractivity contribution in [3.8, 4) is 0 Å². The molecule has 2 aromatic rings. The van der Waals surface area contributed by atoms with Gasteiger partial charge in [0.05, 0.1) is 6.54 Å². The monoisotopic (exact) mass is 261 g/mol. The fourth-order valence-corrected chi connectivity index (χ4v) is 2.04. The van der Waals surface area contributed by atoms with Crippen molar-refractivity contribution in [2.45, 2.75) is 52.9 Å². The molecule has 0 atom stereocenters. The zero-order valence-electron chi connectivity index (χ0n) is 12.2. The molecule has 104 valence electrons. The van der Waals surface area contributed by atoms with Crippen LogP contribution in [-0.4, -0.2) is 25.4 Å². The summed E-state index contributed by atoms with van der Waals surface area (Å²) in [4.78, 5) is 4.36. The molecule has 0 fully saturated rings. The molecule has 0 aliphatic heterocycles. The molecule has 2 heterocycles. The van der Waals surface area contributed by atoms with Crippen molar-refractivity contribution in [1.82, 2.24) is 24.6 Å². The molecule has 5 nitrogen and oxygen atoms in total. The number of hydrogen-bond donors (Lipinski definition) is 1. The Bertz CT molecular complexity index is 509. The molecule has 19 heavy (non-hydrogen) atoms. The van der Waals surface area contributed by atoms with Crippen molar-refractivity contribution in [2.24, 2.45) is 0 Å². The van der Waals surface area contributed by atoms with Gasteiger partial charge < -0.3 is 9.88 Å². The van der Waals surface area contributed by atoms with Crippen LogP contribution in [0.1, 0.15) is 45.3 Å². The highest BCUT2D eigenvalue weighted by Gasteiger charge is 2.10. The largest absolute Gasteiger partial charge is 0.343 e. The molecule has 0 radical (unpaired) electrons. The van der Waals surface area contributed by atoms with Crippen LogP contribution in [0.2, 0.25) is 0 Å². The summed E-state index contributed by atoms with van der Waals surface area (Å²) in [6.45, 7) is 10.2. The van der Waals surface area contributed by atoms with Gasteiger partial charge in [0, 0.05) is 30.5 Å². The van der Waals surface area contributed by atoms with Gasteiger partial charge in [-0.2, -0.15) is 5.10 Å². The summed E-state index contributed by atoms with van der Waals surface area (Å²) in [7, 11) is 0. The molecule has 0 aliphatic carbocycles. The summed E-state index contributed by atoms with van der Waals surface area (Å²) in [6, 6.07) is 5.05. The Morgan fingerprint density at radius 3 is 2.74 bits per heavy atom. The average molecular weight is 261 g/mol. The molecule has 0 aliphatic rings. The SMILES string of the molecule is CC(C)NCc1cccn1Cc1ncnn1C(C)C. The topological polar surface area (TPSA) is 47.7 Å². The molecule has 0 saturated carbocycles. The van der Waals surface area contributed by atoms with Gasteiger partial charge in [0.15, 0.2) is 0 Å². The van der Waals surface area contributed by atoms with Gasteiger partial charge >= 0.3 is 0 Å². The van der Waals surface area contributed by atoms with Gasteiger partial charge in [-0.25, -0.2) is 9.67 Å². The van der Waals surface area contributed by atoms with E-state index in [1.54, 1.807) is 6.33 Å². The van der Waals surface area contributed by atoms with Gasteiger partial charge in [0.2, 0.25) is 0 Å². The van der Waals surface area contributed by atoms with E-state index in [2.05, 4.69) is 66.0 Å². The van der Waals surface area contributed by atoms with Crippen molar-refractivity contribution in [3.05, 3.63) is 36.2 Å². The van der Waals surface area contributed by atoms with Gasteiger partial charge in [0.25, 0.3) is 0 Å². The standard InChI is InChI=1S/C14H23N5/c1-11(2)15-8-13-6-5-7-18(13)9-14-16-10-17-19(14)12(3)4/h5-7,10-12,15H,8-9H2,1-4H3. The van der Waals surface area contributed by atoms with Crippen LogP contribution >= 0.6 is 0 Å². The molecule has 0 unspecified atom stereocenters. The Morgan fingerprint density at radius 2 is 2.05 bits per heavy atom. The highest BCUT2D eigenvalue weighted by atomic mass is 15.4. The van der Waals surface area contributed by atoms with Crippen molar-refractivity contribution < 1.29 is 0 Å². The highest BCUT2D eigenvalue weighted by molar-refractivity contribution is 5.09. The molecular formula is C14H23N5. The minimum absolute atomic E-state index is 0.338. The van der Waals surface area contributed by atoms with E-state index < -0.39 is 0 Å². The van der Waals surface area contributed by atoms with Gasteiger partial charge in [-0.15, -0.1) is 0 Å². The third kappa shape index (κ3) is 3.44. The predicted octanol–water partition coefficient (Wildman–Crippen LogP) is 2.21. The second kappa shape index (κ2) is 6.02. The number of hydrogen-bond acceptors (Lipinski definition) is 3. The Kier molecular flexibility index (Phi) is 4.37. The van der Waals surface area contributed by atoms with Crippen LogP contribution in [0.25, 0.3) is 0 Å². The van der Waals surface area contributed by atoms with Gasteiger partial charge in [0.1, 0.15) is 12.2 Å². The molecule has 2 rings (SSSR count). The third-order valence-electron chi connectivity index (χ3n) is 3.06. The van der Waals surface area contributed by atoms with Crippen LogP contribution in [0.4, 0.5) is 0 Å². The minimum atomic E-state index is 0.338. The second-order valence-corrected chi connectivity index (χ2v) is 5.38. The second-order valence-electron chi connectivity index (χ2n) is 5.38. The molecule has 1 N–H and O–H groups in total. The van der Waals surface area contributed by atoms with Gasteiger partial charge in [-0.1, -0.05) is 13.8 Å². The first-order chi connectivity index (χ1) is 9.08. The molecule has 0 amide bonds. The Hall–Kier alpha value is -1.62. The molecule has 0 spiro atoms. The molecule has 0 aromatic carbocycles. The Balaban J connectivity index is 2.10. The zero-order valence-corrected chi connectivity index (χ0v) is 12.2. The Morgan fingerprint density at radius 1 is 1.26 bits per heavy atom. The zero-order chi connectivity index (χ0) is 13.8. The van der Waals surface area contributed by atoms with Crippen molar-refractivity contribution >= 4 is 0 Å². The average Bonchev–Trinajstić information content (AvgIpc) is 2.96. The maximum atomic E-state index is 4.36. The summed E-state index contributed by atoms with van der Waals surface area (Å²) in [5.41, 5.74) is 1.27. The maximum absolute atomic E-state index is 4.36. The lowest BCUT2D eigenvalue weighted by atomic mass is 10.3. The molecule has 5 heteroatoms. The first kappa shape index (κ1) is 13.8. The van der Waals surface area contributed by atoms with Gasteiger partial charge in [-0.05, 0) is 26.0 Å². The summed E-state index contributed by atoms with van der Waals surface area (Å²) in [6.07, 6.45) is 3.72. The lowest BCUT2D eigenvalue weighted by Gasteiger charge is -2.13. The van der Waals surface area contributed by atoms with E-state index in [4.69, 9.17) is 0 Å². The highest BCUT2D eigenvalue weighted by Crippen LogP contribution is 2.10. The molecule has 2 aromatic heterocycles. The summed E-state index contributed by atoms with van der Waals surface area (Å²) in [5.74, 6) is 0.997. The smallest absolute Gasteiger partial charge is 0.147 e. The number of nitrogens with one attached hydrogen (secondary N) is 1. The summed E-state index contributed by atoms with van der Waals surface area (Å²) >= 11 is 0. The summed E-state index contributed by atoms with van der Waals surface area (Å²) < 4.78 is 4.19. The van der Waals surface area contributed by atoms with Gasteiger partial charge in [-0.3, -0.25) is 0 Å². The van der Waals surface area contributed by atoms with Crippen LogP contribution < -0.4 is 5.32 Å². The quantitative estimate of drug-likeness (QED) is 0.867. The lowest BCUT2D eigenvalue weighted by molar-refractivity contribution is 0.490.